The van der Waals surface area contributed by atoms with Crippen molar-refractivity contribution in [2.24, 2.45) is 0 Å². The third-order valence-corrected chi connectivity index (χ3v) is 13.6. The van der Waals surface area contributed by atoms with Gasteiger partial charge in [-0.1, -0.05) is 176 Å². The molecule has 0 bridgehead atoms. The monoisotopic (exact) mass is 880 g/mol. The van der Waals surface area contributed by atoms with Crippen LogP contribution in [0.25, 0.3) is 105 Å². The Kier molecular flexibility index (Phi) is 9.84. The van der Waals surface area contributed by atoms with Crippen LogP contribution in [0.1, 0.15) is 0 Å². The van der Waals surface area contributed by atoms with E-state index in [2.05, 4.69) is 264 Å². The van der Waals surface area contributed by atoms with Gasteiger partial charge in [-0.25, -0.2) is 0 Å². The molecule has 2 aromatic heterocycles. The van der Waals surface area contributed by atoms with Crippen LogP contribution < -0.4 is 4.90 Å². The summed E-state index contributed by atoms with van der Waals surface area (Å²) in [6, 6.07) is 96.1. The largest absolute Gasteiger partial charge is 0.456 e. The van der Waals surface area contributed by atoms with E-state index in [4.69, 9.17) is 4.42 Å². The lowest BCUT2D eigenvalue weighted by Gasteiger charge is -2.26. The molecule has 0 aliphatic heterocycles. The van der Waals surface area contributed by atoms with Crippen molar-refractivity contribution < 1.29 is 4.42 Å². The molecule has 0 aliphatic rings. The van der Waals surface area contributed by atoms with Crippen molar-refractivity contribution >= 4 is 60.8 Å². The van der Waals surface area contributed by atoms with Crippen molar-refractivity contribution in [2.75, 3.05) is 4.90 Å². The van der Waals surface area contributed by atoms with Crippen LogP contribution in [0, 0.1) is 0 Å². The summed E-state index contributed by atoms with van der Waals surface area (Å²) in [5.74, 6) is 0. The zero-order valence-electron chi connectivity index (χ0n) is 37.7. The van der Waals surface area contributed by atoms with Gasteiger partial charge < -0.3 is 13.9 Å². The number of fused-ring (bicyclic) bond motifs is 6. The average Bonchev–Trinajstić information content (AvgIpc) is 3.97. The summed E-state index contributed by atoms with van der Waals surface area (Å²) < 4.78 is 8.69. The normalized spacial score (nSPS) is 11.5. The molecule has 13 aromatic rings. The van der Waals surface area contributed by atoms with Crippen LogP contribution in [0.5, 0.6) is 0 Å². The van der Waals surface area contributed by atoms with Gasteiger partial charge in [0.2, 0.25) is 0 Å². The zero-order chi connectivity index (χ0) is 45.7. The highest BCUT2D eigenvalue weighted by Crippen LogP contribution is 2.41. The summed E-state index contributed by atoms with van der Waals surface area (Å²) >= 11 is 0. The Morgan fingerprint density at radius 1 is 0.246 bits per heavy atom. The Balaban J connectivity index is 0.839. The third kappa shape index (κ3) is 7.34. The van der Waals surface area contributed by atoms with Gasteiger partial charge in [0.25, 0.3) is 0 Å². The van der Waals surface area contributed by atoms with Gasteiger partial charge in [-0.2, -0.15) is 0 Å². The highest BCUT2D eigenvalue weighted by Gasteiger charge is 2.17. The number of furan rings is 1. The molecule has 0 fully saturated rings. The molecule has 0 aliphatic carbocycles. The summed E-state index contributed by atoms with van der Waals surface area (Å²) in [7, 11) is 0. The van der Waals surface area contributed by atoms with Crippen molar-refractivity contribution in [1.82, 2.24) is 4.57 Å². The Morgan fingerprint density at radius 3 is 1.23 bits per heavy atom. The van der Waals surface area contributed by atoms with Gasteiger partial charge in [-0.05, 0) is 147 Å². The van der Waals surface area contributed by atoms with Gasteiger partial charge in [0.1, 0.15) is 11.2 Å². The van der Waals surface area contributed by atoms with E-state index in [0.29, 0.717) is 0 Å². The van der Waals surface area contributed by atoms with Gasteiger partial charge in [-0.15, -0.1) is 0 Å². The van der Waals surface area contributed by atoms with E-state index < -0.39 is 0 Å². The quantitative estimate of drug-likeness (QED) is 0.144. The molecule has 0 atom stereocenters. The molecule has 13 rings (SSSR count). The first-order valence-corrected chi connectivity index (χ1v) is 23.6. The molecule has 3 nitrogen and oxygen atoms in total. The molecule has 0 saturated carbocycles. The number of anilines is 3. The number of benzene rings is 11. The Bertz CT molecular complexity index is 3940. The Hall–Kier alpha value is -9.18. The molecule has 2 heterocycles. The molecule has 3 heteroatoms. The average molecular weight is 881 g/mol. The number of aromatic nitrogens is 1. The highest BCUT2D eigenvalue weighted by molar-refractivity contribution is 6.09. The van der Waals surface area contributed by atoms with Crippen LogP contribution >= 0.6 is 0 Å². The first-order valence-electron chi connectivity index (χ1n) is 23.6. The first kappa shape index (κ1) is 40.1. The topological polar surface area (TPSA) is 21.3 Å². The second-order valence-electron chi connectivity index (χ2n) is 17.7. The number of hydrogen-bond donors (Lipinski definition) is 0. The molecule has 0 N–H and O–H groups in total. The minimum atomic E-state index is 0.888. The van der Waals surface area contributed by atoms with Crippen LogP contribution in [0.3, 0.4) is 0 Å². The summed E-state index contributed by atoms with van der Waals surface area (Å²) in [5, 5.41) is 4.79. The molecule has 0 amide bonds. The van der Waals surface area contributed by atoms with Gasteiger partial charge in [0, 0.05) is 44.3 Å². The second kappa shape index (κ2) is 16.9. The summed E-state index contributed by atoms with van der Waals surface area (Å²) in [6.07, 6.45) is 0. The maximum Gasteiger partial charge on any atom is 0.136 e. The van der Waals surface area contributed by atoms with Crippen LogP contribution in [0.4, 0.5) is 17.1 Å². The standard InChI is InChI=1S/C66H44N2O/c1-2-13-45(14-3-1)49-15-10-16-50(41-49)46-27-34-55(35-28-46)67(58-20-12-19-53(43-58)54-33-40-62-61-23-6-9-26-65(61)69-66(62)44-54)56-36-29-47(30-37-56)51-17-11-18-52(42-51)48-31-38-57(39-32-48)68-63-24-7-4-21-59(63)60-22-5-8-25-64(60)68/h1-44H. The zero-order valence-corrected chi connectivity index (χ0v) is 37.7. The van der Waals surface area contributed by atoms with E-state index in [-0.39, 0.29) is 0 Å². The fraction of sp³-hybridized carbons (Fsp3) is 0. The van der Waals surface area contributed by atoms with Gasteiger partial charge in [0.05, 0.1) is 11.0 Å². The van der Waals surface area contributed by atoms with Gasteiger partial charge in [0.15, 0.2) is 0 Å². The minimum Gasteiger partial charge on any atom is -0.456 e. The van der Waals surface area contributed by atoms with Gasteiger partial charge in [-0.3, -0.25) is 0 Å². The van der Waals surface area contributed by atoms with E-state index in [0.717, 1.165) is 61.4 Å². The number of nitrogens with zero attached hydrogens (tertiary/aromatic N) is 2. The third-order valence-electron chi connectivity index (χ3n) is 13.6. The molecule has 0 radical (unpaired) electrons. The van der Waals surface area contributed by atoms with Crippen molar-refractivity contribution in [2.45, 2.75) is 0 Å². The fourth-order valence-corrected chi connectivity index (χ4v) is 10.2. The lowest BCUT2D eigenvalue weighted by atomic mass is 9.98. The molecule has 69 heavy (non-hydrogen) atoms. The summed E-state index contributed by atoms with van der Waals surface area (Å²) in [4.78, 5) is 2.35. The van der Waals surface area contributed by atoms with E-state index >= 15 is 0 Å². The second-order valence-corrected chi connectivity index (χ2v) is 17.7. The van der Waals surface area contributed by atoms with Crippen molar-refractivity contribution in [1.29, 1.82) is 0 Å². The Morgan fingerprint density at radius 2 is 0.652 bits per heavy atom. The number of para-hydroxylation sites is 3. The minimum absolute atomic E-state index is 0.888. The molecule has 0 unspecified atom stereocenters. The first-order chi connectivity index (χ1) is 34.2. The number of hydrogen-bond acceptors (Lipinski definition) is 2. The molecule has 0 saturated heterocycles. The SMILES string of the molecule is c1ccc(-c2cccc(-c3ccc(N(c4ccc(-c5cccc(-c6ccc(-n7c8ccccc8c8ccccc87)cc6)c5)cc4)c4cccc(-c5ccc6c(c5)oc5ccccc56)c4)cc3)c2)cc1. The van der Waals surface area contributed by atoms with E-state index in [1.165, 1.54) is 60.8 Å². The predicted octanol–water partition coefficient (Wildman–Crippen LogP) is 18.5. The van der Waals surface area contributed by atoms with E-state index in [9.17, 15) is 0 Å². The van der Waals surface area contributed by atoms with Crippen LogP contribution in [0.2, 0.25) is 0 Å². The summed E-state index contributed by atoms with van der Waals surface area (Å²) in [6.45, 7) is 0. The maximum absolute atomic E-state index is 6.32. The van der Waals surface area contributed by atoms with E-state index in [1.54, 1.807) is 0 Å². The fourth-order valence-electron chi connectivity index (χ4n) is 10.2. The van der Waals surface area contributed by atoms with Crippen molar-refractivity contribution in [3.05, 3.63) is 267 Å². The maximum atomic E-state index is 6.32. The van der Waals surface area contributed by atoms with Crippen LogP contribution in [0.15, 0.2) is 271 Å². The predicted molar refractivity (Wildman–Crippen MR) is 290 cm³/mol. The van der Waals surface area contributed by atoms with Crippen LogP contribution in [-0.2, 0) is 0 Å². The van der Waals surface area contributed by atoms with Gasteiger partial charge >= 0.3 is 0 Å². The van der Waals surface area contributed by atoms with Crippen molar-refractivity contribution in [3.63, 3.8) is 0 Å². The molecular weight excluding hydrogens is 837 g/mol. The molecule has 0 spiro atoms. The molecular formula is C66H44N2O. The highest BCUT2D eigenvalue weighted by atomic mass is 16.3. The lowest BCUT2D eigenvalue weighted by molar-refractivity contribution is 0.669. The lowest BCUT2D eigenvalue weighted by Crippen LogP contribution is -2.10. The smallest absolute Gasteiger partial charge is 0.136 e. The summed E-state index contributed by atoms with van der Waals surface area (Å²) in [5.41, 5.74) is 20.2. The van der Waals surface area contributed by atoms with Crippen molar-refractivity contribution in [3.8, 4) is 61.3 Å². The Labute approximate surface area is 401 Å². The number of rotatable bonds is 9. The molecule has 11 aromatic carbocycles. The van der Waals surface area contributed by atoms with Crippen LogP contribution in [-0.4, -0.2) is 4.57 Å². The molecule has 324 valence electrons. The van der Waals surface area contributed by atoms with E-state index in [1.807, 2.05) is 12.1 Å².